The molecule has 0 aliphatic carbocycles. The Balaban J connectivity index is 1.79. The van der Waals surface area contributed by atoms with Crippen molar-refractivity contribution in [2.24, 2.45) is 0 Å². The lowest BCUT2D eigenvalue weighted by Gasteiger charge is -2.19. The summed E-state index contributed by atoms with van der Waals surface area (Å²) in [4.78, 5) is 7.02. The van der Waals surface area contributed by atoms with Crippen LogP contribution in [-0.2, 0) is 11.3 Å². The maximum Gasteiger partial charge on any atom is 0.0679 e. The second-order valence-corrected chi connectivity index (χ2v) is 5.73. The van der Waals surface area contributed by atoms with Gasteiger partial charge in [0.05, 0.1) is 18.4 Å². The Morgan fingerprint density at radius 1 is 1.42 bits per heavy atom. The zero-order valence-corrected chi connectivity index (χ0v) is 11.5. The van der Waals surface area contributed by atoms with Gasteiger partial charge < -0.3 is 9.84 Å². The minimum absolute atomic E-state index is 0.164. The molecule has 1 aromatic rings. The number of aromatic nitrogens is 1. The number of hydrogen-bond acceptors (Lipinski definition) is 4. The second-order valence-electron chi connectivity index (χ2n) is 5.73. The first-order valence-electron chi connectivity index (χ1n) is 7.17. The van der Waals surface area contributed by atoms with E-state index in [0.29, 0.717) is 5.92 Å². The average molecular weight is 262 g/mol. The summed E-state index contributed by atoms with van der Waals surface area (Å²) < 4.78 is 5.50. The quantitative estimate of drug-likeness (QED) is 0.896. The molecule has 0 saturated carbocycles. The summed E-state index contributed by atoms with van der Waals surface area (Å²) in [6, 6.07) is 4.31. The fraction of sp³-hybridized carbons (Fsp3) is 0.667. The van der Waals surface area contributed by atoms with Gasteiger partial charge in [0.1, 0.15) is 0 Å². The zero-order chi connectivity index (χ0) is 13.2. The molecule has 0 amide bonds. The van der Waals surface area contributed by atoms with Gasteiger partial charge in [-0.3, -0.25) is 9.88 Å². The molecular formula is C15H22N2O2. The van der Waals surface area contributed by atoms with E-state index in [2.05, 4.69) is 17.0 Å². The van der Waals surface area contributed by atoms with E-state index in [1.165, 1.54) is 11.3 Å². The van der Waals surface area contributed by atoms with Crippen LogP contribution >= 0.6 is 0 Å². The fourth-order valence-electron chi connectivity index (χ4n) is 3.07. The molecule has 2 aliphatic heterocycles. The molecule has 1 unspecified atom stereocenters. The third-order valence-corrected chi connectivity index (χ3v) is 4.14. The number of aliphatic hydroxyl groups is 1. The smallest absolute Gasteiger partial charge is 0.0679 e. The highest BCUT2D eigenvalue weighted by Crippen LogP contribution is 2.28. The highest BCUT2D eigenvalue weighted by atomic mass is 16.5. The van der Waals surface area contributed by atoms with Crippen LogP contribution in [-0.4, -0.2) is 47.4 Å². The van der Waals surface area contributed by atoms with Crippen LogP contribution in [0.5, 0.6) is 0 Å². The molecule has 0 aromatic carbocycles. The van der Waals surface area contributed by atoms with Crippen LogP contribution in [0.3, 0.4) is 0 Å². The first-order valence-corrected chi connectivity index (χ1v) is 7.17. The van der Waals surface area contributed by atoms with Crippen LogP contribution in [0.15, 0.2) is 12.1 Å². The first kappa shape index (κ1) is 13.0. The summed E-state index contributed by atoms with van der Waals surface area (Å²) in [5.41, 5.74) is 3.58. The van der Waals surface area contributed by atoms with Crippen molar-refractivity contribution in [3.63, 3.8) is 0 Å². The van der Waals surface area contributed by atoms with E-state index in [1.807, 2.05) is 6.92 Å². The van der Waals surface area contributed by atoms with Crippen molar-refractivity contribution in [2.75, 3.05) is 26.3 Å². The Morgan fingerprint density at radius 3 is 3.00 bits per heavy atom. The standard InChI is InChI=1S/C15H22N2O2/c1-11-2-3-14(12-5-7-19-10-12)15(16-11)9-17-6-4-13(18)8-17/h2-3,12-13,18H,4-10H2,1H3/t12?,13-/m0/s1. The molecule has 2 aliphatic rings. The highest BCUT2D eigenvalue weighted by Gasteiger charge is 2.25. The Hall–Kier alpha value is -0.970. The summed E-state index contributed by atoms with van der Waals surface area (Å²) in [5.74, 6) is 0.496. The van der Waals surface area contributed by atoms with Crippen LogP contribution in [0.1, 0.15) is 35.7 Å². The number of aryl methyl sites for hydroxylation is 1. The summed E-state index contributed by atoms with van der Waals surface area (Å²) in [7, 11) is 0. The van der Waals surface area contributed by atoms with Gasteiger partial charge >= 0.3 is 0 Å². The Morgan fingerprint density at radius 2 is 2.32 bits per heavy atom. The number of likely N-dealkylation sites (tertiary alicyclic amines) is 1. The minimum Gasteiger partial charge on any atom is -0.392 e. The lowest BCUT2D eigenvalue weighted by Crippen LogP contribution is -2.23. The van der Waals surface area contributed by atoms with Crippen molar-refractivity contribution >= 4 is 0 Å². The molecule has 4 nitrogen and oxygen atoms in total. The van der Waals surface area contributed by atoms with Crippen molar-refractivity contribution in [3.05, 3.63) is 29.1 Å². The molecule has 0 spiro atoms. The average Bonchev–Trinajstić information content (AvgIpc) is 3.01. The van der Waals surface area contributed by atoms with Gasteiger partial charge in [0.25, 0.3) is 0 Å². The first-order chi connectivity index (χ1) is 9.22. The molecule has 2 fully saturated rings. The largest absolute Gasteiger partial charge is 0.392 e. The molecule has 1 aromatic heterocycles. The van der Waals surface area contributed by atoms with Gasteiger partial charge in [-0.2, -0.15) is 0 Å². The Bertz CT molecular complexity index is 444. The van der Waals surface area contributed by atoms with Gasteiger partial charge in [0.2, 0.25) is 0 Å². The van der Waals surface area contributed by atoms with Gasteiger partial charge in [0, 0.05) is 37.9 Å². The summed E-state index contributed by atoms with van der Waals surface area (Å²) in [6.45, 7) is 6.32. The van der Waals surface area contributed by atoms with Gasteiger partial charge in [0.15, 0.2) is 0 Å². The number of β-amino-alcohol motifs (C(OH)–C–C–N with tert-alkyl or cyclic N) is 1. The third kappa shape index (κ3) is 2.96. The Kier molecular flexibility index (Phi) is 3.82. The molecular weight excluding hydrogens is 240 g/mol. The van der Waals surface area contributed by atoms with E-state index in [9.17, 15) is 5.11 Å². The topological polar surface area (TPSA) is 45.6 Å². The molecule has 104 valence electrons. The van der Waals surface area contributed by atoms with E-state index in [4.69, 9.17) is 9.72 Å². The van der Waals surface area contributed by atoms with Gasteiger partial charge in [-0.25, -0.2) is 0 Å². The van der Waals surface area contributed by atoms with Crippen LogP contribution < -0.4 is 0 Å². The molecule has 3 heterocycles. The molecule has 2 atom stereocenters. The van der Waals surface area contributed by atoms with Crippen molar-refractivity contribution in [3.8, 4) is 0 Å². The predicted molar refractivity (Wildman–Crippen MR) is 73.1 cm³/mol. The zero-order valence-electron chi connectivity index (χ0n) is 11.5. The van der Waals surface area contributed by atoms with Crippen molar-refractivity contribution < 1.29 is 9.84 Å². The van der Waals surface area contributed by atoms with Crippen molar-refractivity contribution in [1.82, 2.24) is 9.88 Å². The monoisotopic (exact) mass is 262 g/mol. The molecule has 0 bridgehead atoms. The molecule has 3 rings (SSSR count). The number of aliphatic hydroxyl groups excluding tert-OH is 1. The van der Waals surface area contributed by atoms with E-state index in [1.54, 1.807) is 0 Å². The van der Waals surface area contributed by atoms with Gasteiger partial charge in [-0.15, -0.1) is 0 Å². The van der Waals surface area contributed by atoms with E-state index in [0.717, 1.165) is 51.4 Å². The second kappa shape index (κ2) is 5.57. The lowest BCUT2D eigenvalue weighted by atomic mass is 9.96. The number of ether oxygens (including phenoxy) is 1. The van der Waals surface area contributed by atoms with Crippen molar-refractivity contribution in [1.29, 1.82) is 0 Å². The molecule has 4 heteroatoms. The summed E-state index contributed by atoms with van der Waals surface area (Å²) in [5, 5.41) is 9.63. The maximum absolute atomic E-state index is 9.63. The van der Waals surface area contributed by atoms with E-state index in [-0.39, 0.29) is 6.10 Å². The molecule has 1 N–H and O–H groups in total. The normalized spacial score (nSPS) is 28.1. The van der Waals surface area contributed by atoms with Gasteiger partial charge in [-0.1, -0.05) is 6.07 Å². The van der Waals surface area contributed by atoms with Crippen LogP contribution in [0, 0.1) is 6.92 Å². The predicted octanol–water partition coefficient (Wildman–Crippen LogP) is 1.46. The van der Waals surface area contributed by atoms with Crippen molar-refractivity contribution in [2.45, 2.75) is 38.3 Å². The van der Waals surface area contributed by atoms with Crippen LogP contribution in [0.2, 0.25) is 0 Å². The molecule has 19 heavy (non-hydrogen) atoms. The summed E-state index contributed by atoms with van der Waals surface area (Å²) in [6.07, 6.45) is 1.82. The number of nitrogens with zero attached hydrogens (tertiary/aromatic N) is 2. The van der Waals surface area contributed by atoms with E-state index < -0.39 is 0 Å². The third-order valence-electron chi connectivity index (χ3n) is 4.14. The fourth-order valence-corrected chi connectivity index (χ4v) is 3.07. The SMILES string of the molecule is Cc1ccc(C2CCOC2)c(CN2CC[C@H](O)C2)n1. The highest BCUT2D eigenvalue weighted by molar-refractivity contribution is 5.27. The van der Waals surface area contributed by atoms with Crippen LogP contribution in [0.25, 0.3) is 0 Å². The minimum atomic E-state index is -0.164. The molecule has 0 radical (unpaired) electrons. The number of pyridine rings is 1. The van der Waals surface area contributed by atoms with Gasteiger partial charge in [-0.05, 0) is 31.4 Å². The Labute approximate surface area is 114 Å². The number of hydrogen-bond donors (Lipinski definition) is 1. The number of rotatable bonds is 3. The summed E-state index contributed by atoms with van der Waals surface area (Å²) >= 11 is 0. The van der Waals surface area contributed by atoms with E-state index >= 15 is 0 Å². The van der Waals surface area contributed by atoms with Crippen LogP contribution in [0.4, 0.5) is 0 Å². The maximum atomic E-state index is 9.63. The molecule has 2 saturated heterocycles. The lowest BCUT2D eigenvalue weighted by molar-refractivity contribution is 0.174.